The van der Waals surface area contributed by atoms with Gasteiger partial charge >= 0.3 is 4.66 Å². The lowest BCUT2D eigenvalue weighted by molar-refractivity contribution is -0.589. The highest BCUT2D eigenvalue weighted by Gasteiger charge is 2.35. The van der Waals surface area contributed by atoms with Crippen LogP contribution in [0.2, 0.25) is 0 Å². The average Bonchev–Trinajstić information content (AvgIpc) is 3.22. The lowest BCUT2D eigenvalue weighted by atomic mass is 10.5. The Balaban J connectivity index is 0.000000426. The van der Waals surface area contributed by atoms with Crippen LogP contribution in [0.15, 0.2) is 34.9 Å². The summed E-state index contributed by atoms with van der Waals surface area (Å²) in [4.78, 5) is 18.2. The lowest BCUT2D eigenvalue weighted by Crippen LogP contribution is -2.38. The van der Waals surface area contributed by atoms with Gasteiger partial charge in [0.05, 0.1) is 10.1 Å². The molecule has 2 aromatic rings. The quantitative estimate of drug-likeness (QED) is 0.264. The zero-order valence-corrected chi connectivity index (χ0v) is 19.6. The number of nitrogens with zero attached hydrogens (tertiary/aromatic N) is 4. The predicted octanol–water partition coefficient (Wildman–Crippen LogP) is 1.17. The number of aromatic nitrogens is 3. The molecule has 0 atom stereocenters. The Hall–Kier alpha value is -1.38. The molecule has 3 heterocycles. The molecule has 3 rings (SSSR count). The highest BCUT2D eigenvalue weighted by Crippen LogP contribution is 2.31. The number of hydrogen-bond acceptors (Lipinski definition) is 10. The summed E-state index contributed by atoms with van der Waals surface area (Å²) < 4.78 is 35.4. The molecule has 0 N–H and O–H groups in total. The molecule has 1 fully saturated rings. The highest BCUT2D eigenvalue weighted by atomic mass is 32.2. The molecule has 1 saturated heterocycles. The van der Waals surface area contributed by atoms with Crippen LogP contribution in [0, 0.1) is 6.21 Å². The summed E-state index contributed by atoms with van der Waals surface area (Å²) in [5.41, 5.74) is 0. The minimum Gasteiger partial charge on any atom is -0.748 e. The van der Waals surface area contributed by atoms with Gasteiger partial charge in [0.25, 0.3) is 5.91 Å². The fourth-order valence-electron chi connectivity index (χ4n) is 2.07. The molecular formula is C16H18N4O4S5. The van der Waals surface area contributed by atoms with Crippen molar-refractivity contribution in [2.45, 2.75) is 17.7 Å². The van der Waals surface area contributed by atoms with E-state index >= 15 is 0 Å². The van der Waals surface area contributed by atoms with Crippen molar-refractivity contribution in [3.8, 4) is 0 Å². The molecule has 1 aliphatic heterocycles. The first-order valence-corrected chi connectivity index (χ1v) is 13.1. The summed E-state index contributed by atoms with van der Waals surface area (Å²) in [6.07, 6.45) is 6.88. The predicted molar refractivity (Wildman–Crippen MR) is 118 cm³/mol. The van der Waals surface area contributed by atoms with E-state index in [9.17, 15) is 17.8 Å². The topological polar surface area (TPSA) is 109 Å². The van der Waals surface area contributed by atoms with Crippen LogP contribution in [0.25, 0.3) is 4.91 Å². The molecule has 1 aliphatic rings. The van der Waals surface area contributed by atoms with Crippen molar-refractivity contribution in [1.29, 1.82) is 0 Å². The minimum atomic E-state index is -4.29. The molecule has 0 saturated carbocycles. The monoisotopic (exact) mass is 490 g/mol. The molecule has 0 bridgehead atoms. The van der Waals surface area contributed by atoms with E-state index in [4.69, 9.17) is 12.2 Å². The Morgan fingerprint density at radius 3 is 2.48 bits per heavy atom. The Kier molecular flexibility index (Phi) is 9.17. The largest absolute Gasteiger partial charge is 0.748 e. The lowest BCUT2D eigenvalue weighted by Gasteiger charge is -2.09. The van der Waals surface area contributed by atoms with Gasteiger partial charge in [-0.3, -0.25) is 14.7 Å². The summed E-state index contributed by atoms with van der Waals surface area (Å²) in [5.74, 6) is -0.695. The Morgan fingerprint density at radius 2 is 2.03 bits per heavy atom. The standard InChI is InChI=1S/C11H13N3O4S5.C5H5N/c1-3-13-8(15)7(21-11(13)19)9-14(12-10(20-2)22-9)5-4-6-23(16,17)18;1-2-4-6-5-3-1/h5H,3-4,6H2,1-2H3;1-5H/b9-7-,14-5-;. The summed E-state index contributed by atoms with van der Waals surface area (Å²) in [6, 6.07) is 5.72. The van der Waals surface area contributed by atoms with Crippen LogP contribution in [0.5, 0.6) is 0 Å². The molecule has 29 heavy (non-hydrogen) atoms. The van der Waals surface area contributed by atoms with Crippen molar-refractivity contribution >= 4 is 72.3 Å². The maximum absolute atomic E-state index is 12.4. The second-order valence-electron chi connectivity index (χ2n) is 5.33. The molecule has 1 amide bonds. The summed E-state index contributed by atoms with van der Waals surface area (Å²) in [5, 5.41) is 4.30. The molecule has 0 aliphatic carbocycles. The third kappa shape index (κ3) is 7.12. The van der Waals surface area contributed by atoms with E-state index in [1.807, 2.05) is 31.4 Å². The number of thioether (sulfide) groups is 2. The van der Waals surface area contributed by atoms with Gasteiger partial charge in [-0.2, -0.15) is 0 Å². The number of thiocarbonyl (C=S) groups is 1. The summed E-state index contributed by atoms with van der Waals surface area (Å²) in [7, 11) is -4.29. The molecule has 2 aromatic heterocycles. The van der Waals surface area contributed by atoms with Crippen LogP contribution in [0.1, 0.15) is 13.3 Å². The van der Waals surface area contributed by atoms with Gasteiger partial charge < -0.3 is 4.55 Å². The third-order valence-corrected chi connectivity index (χ3v) is 7.68. The van der Waals surface area contributed by atoms with Crippen LogP contribution >= 0.6 is 47.1 Å². The first-order valence-electron chi connectivity index (χ1n) is 8.26. The molecule has 0 radical (unpaired) electrons. The van der Waals surface area contributed by atoms with E-state index in [-0.39, 0.29) is 12.3 Å². The van der Waals surface area contributed by atoms with E-state index < -0.39 is 15.9 Å². The first kappa shape index (κ1) is 23.9. The zero-order valence-electron chi connectivity index (χ0n) is 15.5. The maximum atomic E-state index is 12.4. The van der Waals surface area contributed by atoms with Gasteiger partial charge in [0.2, 0.25) is 4.34 Å². The van der Waals surface area contributed by atoms with Gasteiger partial charge in [-0.1, -0.05) is 30.0 Å². The van der Waals surface area contributed by atoms with Crippen LogP contribution in [0.4, 0.5) is 0 Å². The van der Waals surface area contributed by atoms with Crippen molar-refractivity contribution in [3.63, 3.8) is 0 Å². The SMILES string of the molecule is CCN1C(=O)/C(=c2/sc(SC)n/[n+]2=C\CCS(=O)(=O)[O-])SC1=S.c1ccncc1. The minimum absolute atomic E-state index is 0.0229. The van der Waals surface area contributed by atoms with Gasteiger partial charge in [-0.15, -0.1) is 0 Å². The van der Waals surface area contributed by atoms with Crippen molar-refractivity contribution in [2.75, 3.05) is 18.6 Å². The third-order valence-electron chi connectivity index (χ3n) is 3.35. The van der Waals surface area contributed by atoms with Gasteiger partial charge in [0.15, 0.2) is 11.1 Å². The molecule has 0 unspecified atom stereocenters. The molecule has 156 valence electrons. The molecular weight excluding hydrogens is 473 g/mol. The van der Waals surface area contributed by atoms with E-state index in [1.165, 1.54) is 50.3 Å². The number of carbonyl (C=O) groups is 1. The van der Waals surface area contributed by atoms with Crippen molar-refractivity contribution in [3.05, 3.63) is 41.5 Å². The second-order valence-corrected chi connectivity index (χ2v) is 10.5. The van der Waals surface area contributed by atoms with Crippen LogP contribution in [-0.2, 0) is 14.9 Å². The Morgan fingerprint density at radius 1 is 1.34 bits per heavy atom. The number of amides is 1. The smallest absolute Gasteiger partial charge is 0.315 e. The Labute approximate surface area is 186 Å². The zero-order chi connectivity index (χ0) is 21.4. The number of pyridine rings is 1. The number of carbonyl (C=O) groups excluding carboxylic acids is 1. The summed E-state index contributed by atoms with van der Waals surface area (Å²) in [6.45, 7) is 2.33. The first-order chi connectivity index (χ1) is 13.8. The van der Waals surface area contributed by atoms with Crippen molar-refractivity contribution < 1.29 is 22.1 Å². The number of hydrogen-bond donors (Lipinski definition) is 0. The Bertz CT molecular complexity index is 1060. The van der Waals surface area contributed by atoms with E-state index in [0.29, 0.717) is 20.4 Å². The second kappa shape index (κ2) is 11.1. The highest BCUT2D eigenvalue weighted by molar-refractivity contribution is 8.30. The number of rotatable bonds is 5. The molecule has 8 nitrogen and oxygen atoms in total. The normalized spacial score (nSPS) is 16.8. The van der Waals surface area contributed by atoms with E-state index in [2.05, 4.69) is 10.1 Å². The van der Waals surface area contributed by atoms with Crippen molar-refractivity contribution in [2.24, 2.45) is 0 Å². The van der Waals surface area contributed by atoms with Crippen LogP contribution in [0.3, 0.4) is 0 Å². The van der Waals surface area contributed by atoms with Crippen LogP contribution in [-0.4, -0.2) is 56.7 Å². The fourth-order valence-corrected chi connectivity index (χ4v) is 5.48. The maximum Gasteiger partial charge on any atom is 0.315 e. The van der Waals surface area contributed by atoms with Crippen LogP contribution < -0.4 is 9.02 Å². The van der Waals surface area contributed by atoms with Gasteiger partial charge in [-0.25, -0.2) is 8.42 Å². The van der Waals surface area contributed by atoms with Gasteiger partial charge in [-0.05, 0) is 52.8 Å². The molecule has 0 spiro atoms. The van der Waals surface area contributed by atoms with Crippen molar-refractivity contribution in [1.82, 2.24) is 15.0 Å². The van der Waals surface area contributed by atoms with E-state index in [0.717, 1.165) is 4.34 Å². The van der Waals surface area contributed by atoms with Gasteiger partial charge in [0.1, 0.15) is 4.32 Å². The molecule has 13 heteroatoms. The summed E-state index contributed by atoms with van der Waals surface area (Å²) >= 11 is 9.14. The van der Waals surface area contributed by atoms with Gasteiger partial charge in [0, 0.05) is 36.2 Å². The fraction of sp³-hybridized carbons (Fsp3) is 0.312. The molecule has 0 aromatic carbocycles. The average molecular weight is 491 g/mol. The van der Waals surface area contributed by atoms with E-state index in [1.54, 1.807) is 12.4 Å².